The number of aromatic nitrogens is 5. The van der Waals surface area contributed by atoms with Crippen LogP contribution in [0, 0.1) is 0 Å². The molecule has 12 heteroatoms. The SMILES string of the molecule is O=C1CCC(N2Cc3cc(-n4cc(C(=O)N5CCn6cncc6C5)nn4)ccc3C2=O)C(=O)N1. The highest BCUT2D eigenvalue weighted by atomic mass is 16.2. The first-order valence-electron chi connectivity index (χ1n) is 11.0. The number of hydrogen-bond donors (Lipinski definition) is 1. The predicted octanol–water partition coefficient (Wildman–Crippen LogP) is -0.119. The molecule has 0 saturated carbocycles. The van der Waals surface area contributed by atoms with Gasteiger partial charge < -0.3 is 14.4 Å². The molecule has 3 aromatic rings. The summed E-state index contributed by atoms with van der Waals surface area (Å²) in [6.45, 7) is 1.96. The summed E-state index contributed by atoms with van der Waals surface area (Å²) >= 11 is 0. The summed E-state index contributed by atoms with van der Waals surface area (Å²) in [7, 11) is 0. The summed E-state index contributed by atoms with van der Waals surface area (Å²) in [6, 6.07) is 4.56. The molecule has 12 nitrogen and oxygen atoms in total. The van der Waals surface area contributed by atoms with Gasteiger partial charge in [-0.05, 0) is 30.2 Å². The van der Waals surface area contributed by atoms with Crippen molar-refractivity contribution in [2.45, 2.75) is 38.5 Å². The molecule has 1 aromatic carbocycles. The standard InChI is InChI=1S/C22H20N8O4/c31-19-4-3-18(20(32)24-19)29-9-13-7-14(1-2-16(13)21(29)33)30-11-17(25-26-30)22(34)27-5-6-28-12-23-8-15(28)10-27/h1-2,7-8,11-12,18H,3-6,9-10H2,(H,24,31,32). The van der Waals surface area contributed by atoms with Gasteiger partial charge in [0.05, 0.1) is 30.5 Å². The average molecular weight is 460 g/mol. The van der Waals surface area contributed by atoms with Crippen LogP contribution >= 0.6 is 0 Å². The Bertz CT molecular complexity index is 1360. The third kappa shape index (κ3) is 3.26. The molecule has 1 fully saturated rings. The van der Waals surface area contributed by atoms with Crippen molar-refractivity contribution in [2.75, 3.05) is 6.54 Å². The van der Waals surface area contributed by atoms with Crippen molar-refractivity contribution in [1.82, 2.24) is 39.7 Å². The van der Waals surface area contributed by atoms with Crippen molar-refractivity contribution in [3.05, 3.63) is 59.4 Å². The number of nitrogens with one attached hydrogen (secondary N) is 1. The van der Waals surface area contributed by atoms with Gasteiger partial charge in [0.15, 0.2) is 5.69 Å². The summed E-state index contributed by atoms with van der Waals surface area (Å²) in [6.07, 6.45) is 5.60. The second-order valence-corrected chi connectivity index (χ2v) is 8.59. The topological polar surface area (TPSA) is 135 Å². The number of fused-ring (bicyclic) bond motifs is 2. The number of piperidine rings is 1. The van der Waals surface area contributed by atoms with Crippen LogP contribution in [-0.2, 0) is 29.2 Å². The fraction of sp³-hybridized carbons (Fsp3) is 0.318. The minimum absolute atomic E-state index is 0.205. The number of rotatable bonds is 3. The second-order valence-electron chi connectivity index (χ2n) is 8.59. The minimum Gasteiger partial charge on any atom is -0.331 e. The summed E-state index contributed by atoms with van der Waals surface area (Å²) in [5.41, 5.74) is 3.11. The monoisotopic (exact) mass is 460 g/mol. The van der Waals surface area contributed by atoms with Crippen molar-refractivity contribution in [2.24, 2.45) is 0 Å². The molecule has 6 rings (SSSR count). The Labute approximate surface area is 193 Å². The molecule has 1 N–H and O–H groups in total. The number of amides is 4. The first-order valence-corrected chi connectivity index (χ1v) is 11.0. The van der Waals surface area contributed by atoms with E-state index in [9.17, 15) is 19.2 Å². The van der Waals surface area contributed by atoms with Gasteiger partial charge >= 0.3 is 0 Å². The van der Waals surface area contributed by atoms with E-state index in [0.29, 0.717) is 37.3 Å². The van der Waals surface area contributed by atoms with Crippen molar-refractivity contribution in [3.63, 3.8) is 0 Å². The third-order valence-corrected chi connectivity index (χ3v) is 6.53. The Hall–Kier alpha value is -4.35. The maximum Gasteiger partial charge on any atom is 0.276 e. The van der Waals surface area contributed by atoms with Crippen LogP contribution in [0.3, 0.4) is 0 Å². The number of hydrogen-bond acceptors (Lipinski definition) is 7. The van der Waals surface area contributed by atoms with Crippen LogP contribution in [0.4, 0.5) is 0 Å². The van der Waals surface area contributed by atoms with Crippen molar-refractivity contribution < 1.29 is 19.2 Å². The van der Waals surface area contributed by atoms with E-state index in [0.717, 1.165) is 11.3 Å². The molecule has 1 unspecified atom stereocenters. The van der Waals surface area contributed by atoms with Crippen LogP contribution in [0.15, 0.2) is 36.9 Å². The maximum atomic E-state index is 12.9. The molecule has 0 bridgehead atoms. The lowest BCUT2D eigenvalue weighted by Crippen LogP contribution is -2.52. The minimum atomic E-state index is -0.669. The lowest BCUT2D eigenvalue weighted by atomic mass is 10.0. The number of imidazole rings is 1. The smallest absolute Gasteiger partial charge is 0.276 e. The molecular formula is C22H20N8O4. The largest absolute Gasteiger partial charge is 0.331 e. The van der Waals surface area contributed by atoms with Gasteiger partial charge in [-0.15, -0.1) is 5.10 Å². The second kappa shape index (κ2) is 7.61. The first-order chi connectivity index (χ1) is 16.5. The van der Waals surface area contributed by atoms with Gasteiger partial charge in [-0.3, -0.25) is 24.5 Å². The van der Waals surface area contributed by atoms with E-state index < -0.39 is 11.9 Å². The van der Waals surface area contributed by atoms with Gasteiger partial charge in [-0.25, -0.2) is 9.67 Å². The van der Waals surface area contributed by atoms with Crippen LogP contribution in [0.1, 0.15) is 44.9 Å². The van der Waals surface area contributed by atoms with Gasteiger partial charge in [-0.2, -0.15) is 0 Å². The highest BCUT2D eigenvalue weighted by molar-refractivity contribution is 6.05. The van der Waals surface area contributed by atoms with E-state index in [-0.39, 0.29) is 36.4 Å². The fourth-order valence-corrected chi connectivity index (χ4v) is 4.71. The lowest BCUT2D eigenvalue weighted by molar-refractivity contribution is -0.136. The summed E-state index contributed by atoms with van der Waals surface area (Å²) in [5.74, 6) is -1.22. The quantitative estimate of drug-likeness (QED) is 0.539. The predicted molar refractivity (Wildman–Crippen MR) is 114 cm³/mol. The third-order valence-electron chi connectivity index (χ3n) is 6.53. The van der Waals surface area contributed by atoms with Crippen LogP contribution < -0.4 is 5.32 Å². The van der Waals surface area contributed by atoms with Crippen LogP contribution in [0.2, 0.25) is 0 Å². The van der Waals surface area contributed by atoms with Crippen LogP contribution in [0.25, 0.3) is 5.69 Å². The van der Waals surface area contributed by atoms with Gasteiger partial charge in [-0.1, -0.05) is 5.21 Å². The highest BCUT2D eigenvalue weighted by Crippen LogP contribution is 2.29. The Balaban J connectivity index is 1.20. The van der Waals surface area contributed by atoms with Crippen molar-refractivity contribution >= 4 is 23.6 Å². The maximum absolute atomic E-state index is 12.9. The molecule has 2 aromatic heterocycles. The zero-order chi connectivity index (χ0) is 23.4. The lowest BCUT2D eigenvalue weighted by Gasteiger charge is -2.29. The molecule has 3 aliphatic rings. The molecule has 1 atom stereocenters. The Morgan fingerprint density at radius 3 is 2.85 bits per heavy atom. The molecule has 172 valence electrons. The molecular weight excluding hydrogens is 440 g/mol. The number of carbonyl (C=O) groups excluding carboxylic acids is 4. The van der Waals surface area contributed by atoms with Gasteiger partial charge in [0.25, 0.3) is 11.8 Å². The van der Waals surface area contributed by atoms with Crippen molar-refractivity contribution in [1.29, 1.82) is 0 Å². The Kier molecular flexibility index (Phi) is 4.54. The number of carbonyl (C=O) groups is 4. The molecule has 1 saturated heterocycles. The zero-order valence-electron chi connectivity index (χ0n) is 18.0. The summed E-state index contributed by atoms with van der Waals surface area (Å²) < 4.78 is 3.52. The number of imide groups is 1. The van der Waals surface area contributed by atoms with E-state index in [2.05, 4.69) is 20.6 Å². The van der Waals surface area contributed by atoms with Gasteiger partial charge in [0.2, 0.25) is 11.8 Å². The number of benzene rings is 1. The van der Waals surface area contributed by atoms with E-state index in [1.165, 1.54) is 9.58 Å². The normalized spacial score (nSPS) is 19.8. The number of nitrogens with zero attached hydrogens (tertiary/aromatic N) is 7. The van der Waals surface area contributed by atoms with Crippen molar-refractivity contribution in [3.8, 4) is 5.69 Å². The first kappa shape index (κ1) is 20.3. The summed E-state index contributed by atoms with van der Waals surface area (Å²) in [4.78, 5) is 56.8. The molecule has 0 spiro atoms. The van der Waals surface area contributed by atoms with Crippen LogP contribution in [-0.4, -0.2) is 70.6 Å². The van der Waals surface area contributed by atoms with E-state index in [1.807, 2.05) is 10.6 Å². The molecule has 34 heavy (non-hydrogen) atoms. The Morgan fingerprint density at radius 2 is 2.00 bits per heavy atom. The van der Waals surface area contributed by atoms with Gasteiger partial charge in [0, 0.05) is 37.8 Å². The molecule has 3 aliphatic heterocycles. The van der Waals surface area contributed by atoms with E-state index in [1.54, 1.807) is 35.8 Å². The highest BCUT2D eigenvalue weighted by Gasteiger charge is 2.39. The fourth-order valence-electron chi connectivity index (χ4n) is 4.71. The molecule has 4 amide bonds. The zero-order valence-corrected chi connectivity index (χ0v) is 18.0. The molecule has 0 radical (unpaired) electrons. The molecule has 5 heterocycles. The van der Waals surface area contributed by atoms with Crippen LogP contribution in [0.5, 0.6) is 0 Å². The Morgan fingerprint density at radius 1 is 1.12 bits per heavy atom. The van der Waals surface area contributed by atoms with Gasteiger partial charge in [0.1, 0.15) is 6.04 Å². The average Bonchev–Trinajstić information content (AvgIpc) is 3.57. The molecule has 0 aliphatic carbocycles. The van der Waals surface area contributed by atoms with E-state index >= 15 is 0 Å². The summed E-state index contributed by atoms with van der Waals surface area (Å²) in [5, 5.41) is 10.5. The van der Waals surface area contributed by atoms with E-state index in [4.69, 9.17) is 0 Å².